The van der Waals surface area contributed by atoms with Gasteiger partial charge in [-0.15, -0.1) is 0 Å². The predicted octanol–water partition coefficient (Wildman–Crippen LogP) is 3.41. The number of nitrogens with one attached hydrogen (secondary N) is 1. The first-order chi connectivity index (χ1) is 15.2. The van der Waals surface area contributed by atoms with Crippen LogP contribution in [0, 0.1) is 0 Å². The number of hydrogen-bond acceptors (Lipinski definition) is 6. The lowest BCUT2D eigenvalue weighted by atomic mass is 9.95. The molecule has 1 N–H and O–H groups in total. The number of amides is 1. The summed E-state index contributed by atoms with van der Waals surface area (Å²) in [5, 5.41) is 2.02. The normalized spacial score (nSPS) is 15.0. The number of aryl methyl sites for hydroxylation is 1. The molecule has 172 valence electrons. The molecule has 0 unspecified atom stereocenters. The highest BCUT2D eigenvalue weighted by atomic mass is 19.4. The van der Waals surface area contributed by atoms with Crippen molar-refractivity contribution in [3.8, 4) is 34.1 Å². The van der Waals surface area contributed by atoms with Gasteiger partial charge < -0.3 is 24.3 Å². The Morgan fingerprint density at radius 2 is 1.62 bits per heavy atom. The summed E-state index contributed by atoms with van der Waals surface area (Å²) in [7, 11) is 5.62. The Kier molecular flexibility index (Phi) is 6.52. The number of alkyl halides is 3. The first kappa shape index (κ1) is 23.2. The molecule has 2 aromatic rings. The number of rotatable bonds is 5. The number of methoxy groups -OCH3 is 4. The van der Waals surface area contributed by atoms with Gasteiger partial charge in [-0.05, 0) is 47.7 Å². The predicted molar refractivity (Wildman–Crippen MR) is 110 cm³/mol. The average molecular weight is 453 g/mol. The maximum atomic E-state index is 13.0. The molecule has 0 heterocycles. The van der Waals surface area contributed by atoms with Gasteiger partial charge in [0, 0.05) is 5.56 Å². The molecule has 0 saturated carbocycles. The Balaban J connectivity index is 2.35. The zero-order valence-electron chi connectivity index (χ0n) is 17.9. The van der Waals surface area contributed by atoms with Crippen molar-refractivity contribution in [2.75, 3.05) is 28.4 Å². The van der Waals surface area contributed by atoms with Crippen molar-refractivity contribution in [3.05, 3.63) is 45.6 Å². The van der Waals surface area contributed by atoms with Crippen LogP contribution in [-0.4, -0.2) is 40.5 Å². The summed E-state index contributed by atoms with van der Waals surface area (Å²) in [4.78, 5) is 24.4. The van der Waals surface area contributed by atoms with Crippen LogP contribution in [-0.2, 0) is 11.2 Å². The second-order valence-electron chi connectivity index (χ2n) is 7.02. The lowest BCUT2D eigenvalue weighted by molar-refractivity contribution is -0.174. The van der Waals surface area contributed by atoms with Crippen molar-refractivity contribution in [3.63, 3.8) is 0 Å². The summed E-state index contributed by atoms with van der Waals surface area (Å²) in [6.45, 7) is 0. The summed E-state index contributed by atoms with van der Waals surface area (Å²) < 4.78 is 60.5. The van der Waals surface area contributed by atoms with Crippen LogP contribution in [0.1, 0.15) is 23.6 Å². The van der Waals surface area contributed by atoms with Crippen LogP contribution in [0.5, 0.6) is 23.0 Å². The SMILES string of the molecule is COc1cc2c(c(OC)c1OC)-c1ccc(OC)c(=O)cc1[C@H](NC(=O)C(F)(F)F)CC2. The summed E-state index contributed by atoms with van der Waals surface area (Å²) in [5.74, 6) is -1.13. The fourth-order valence-corrected chi connectivity index (χ4v) is 3.86. The van der Waals surface area contributed by atoms with Crippen molar-refractivity contribution in [2.45, 2.75) is 25.1 Å². The highest BCUT2D eigenvalue weighted by Gasteiger charge is 2.41. The van der Waals surface area contributed by atoms with Crippen molar-refractivity contribution < 1.29 is 36.9 Å². The van der Waals surface area contributed by atoms with E-state index in [1.54, 1.807) is 12.1 Å². The van der Waals surface area contributed by atoms with E-state index in [0.717, 1.165) is 0 Å². The van der Waals surface area contributed by atoms with Crippen molar-refractivity contribution in [1.29, 1.82) is 0 Å². The van der Waals surface area contributed by atoms with Gasteiger partial charge in [0.15, 0.2) is 17.2 Å². The van der Waals surface area contributed by atoms with Crippen LogP contribution in [0.15, 0.2) is 29.1 Å². The fraction of sp³-hybridized carbons (Fsp3) is 0.364. The Morgan fingerprint density at radius 3 is 2.19 bits per heavy atom. The summed E-state index contributed by atoms with van der Waals surface area (Å²) in [5.41, 5.74) is 1.30. The van der Waals surface area contributed by atoms with Gasteiger partial charge in [0.25, 0.3) is 0 Å². The number of carbonyl (C=O) groups is 1. The minimum Gasteiger partial charge on any atom is -0.493 e. The Hall–Kier alpha value is -3.43. The minimum absolute atomic E-state index is 0.0000325. The fourth-order valence-electron chi connectivity index (χ4n) is 3.86. The van der Waals surface area contributed by atoms with Gasteiger partial charge in [0.2, 0.25) is 11.2 Å². The van der Waals surface area contributed by atoms with Crippen LogP contribution in [0.25, 0.3) is 11.1 Å². The Bertz CT molecular complexity index is 1100. The average Bonchev–Trinajstić information content (AvgIpc) is 3.00. The smallest absolute Gasteiger partial charge is 0.471 e. The van der Waals surface area contributed by atoms with Crippen molar-refractivity contribution in [1.82, 2.24) is 5.32 Å². The molecular formula is C22H22F3NO6. The molecule has 3 rings (SSSR count). The number of hydrogen-bond donors (Lipinski definition) is 1. The third kappa shape index (κ3) is 4.17. The van der Waals surface area contributed by atoms with Crippen molar-refractivity contribution in [2.24, 2.45) is 0 Å². The van der Waals surface area contributed by atoms with Gasteiger partial charge in [-0.1, -0.05) is 6.07 Å². The van der Waals surface area contributed by atoms with Gasteiger partial charge in [-0.25, -0.2) is 0 Å². The molecule has 0 bridgehead atoms. The number of halogens is 3. The number of ether oxygens (including phenoxy) is 4. The number of benzene rings is 1. The first-order valence-electron chi connectivity index (χ1n) is 9.58. The molecule has 10 heteroatoms. The second-order valence-corrected chi connectivity index (χ2v) is 7.02. The third-order valence-electron chi connectivity index (χ3n) is 5.28. The van der Waals surface area contributed by atoms with Gasteiger partial charge in [0.05, 0.1) is 34.5 Å². The molecule has 32 heavy (non-hydrogen) atoms. The van der Waals surface area contributed by atoms with E-state index in [-0.39, 0.29) is 24.2 Å². The maximum Gasteiger partial charge on any atom is 0.471 e. The Labute approximate surface area is 182 Å². The number of fused-ring (bicyclic) bond motifs is 3. The van der Waals surface area contributed by atoms with Crippen LogP contribution < -0.4 is 29.7 Å². The van der Waals surface area contributed by atoms with E-state index in [2.05, 4.69) is 0 Å². The third-order valence-corrected chi connectivity index (χ3v) is 5.28. The summed E-state index contributed by atoms with van der Waals surface area (Å²) in [6, 6.07) is 4.78. The van der Waals surface area contributed by atoms with E-state index < -0.39 is 23.6 Å². The molecule has 0 spiro atoms. The lowest BCUT2D eigenvalue weighted by Gasteiger charge is -2.20. The molecular weight excluding hydrogens is 431 g/mol. The highest BCUT2D eigenvalue weighted by molar-refractivity contribution is 5.85. The van der Waals surface area contributed by atoms with Gasteiger partial charge >= 0.3 is 12.1 Å². The van der Waals surface area contributed by atoms with Gasteiger partial charge in [-0.2, -0.15) is 13.2 Å². The second kappa shape index (κ2) is 8.97. The van der Waals surface area contributed by atoms with Gasteiger partial charge in [-0.3, -0.25) is 9.59 Å². The van der Waals surface area contributed by atoms with Crippen LogP contribution in [0.4, 0.5) is 13.2 Å². The van der Waals surface area contributed by atoms with E-state index >= 15 is 0 Å². The van der Waals surface area contributed by atoms with Gasteiger partial charge in [0.1, 0.15) is 0 Å². The Morgan fingerprint density at radius 1 is 0.969 bits per heavy atom. The molecule has 0 radical (unpaired) electrons. The first-order valence-corrected chi connectivity index (χ1v) is 9.58. The van der Waals surface area contributed by atoms with Crippen LogP contribution >= 0.6 is 0 Å². The van der Waals surface area contributed by atoms with E-state index in [1.807, 2.05) is 5.32 Å². The van der Waals surface area contributed by atoms with E-state index in [4.69, 9.17) is 18.9 Å². The molecule has 2 aromatic carbocycles. The minimum atomic E-state index is -5.07. The summed E-state index contributed by atoms with van der Waals surface area (Å²) in [6.07, 6.45) is -4.69. The molecule has 1 atom stereocenters. The zero-order valence-corrected chi connectivity index (χ0v) is 17.9. The molecule has 0 saturated heterocycles. The lowest BCUT2D eigenvalue weighted by Crippen LogP contribution is -2.39. The van der Waals surface area contributed by atoms with E-state index in [9.17, 15) is 22.8 Å². The number of carbonyl (C=O) groups excluding carboxylic acids is 1. The molecule has 7 nitrogen and oxygen atoms in total. The van der Waals surface area contributed by atoms with Crippen LogP contribution in [0.3, 0.4) is 0 Å². The molecule has 1 aliphatic rings. The molecule has 1 amide bonds. The zero-order chi connectivity index (χ0) is 23.6. The van der Waals surface area contributed by atoms with E-state index in [0.29, 0.717) is 33.9 Å². The highest BCUT2D eigenvalue weighted by Crippen LogP contribution is 2.50. The molecule has 1 aliphatic carbocycles. The monoisotopic (exact) mass is 453 g/mol. The van der Waals surface area contributed by atoms with E-state index in [1.165, 1.54) is 40.6 Å². The maximum absolute atomic E-state index is 13.0. The summed E-state index contributed by atoms with van der Waals surface area (Å²) >= 11 is 0. The molecule has 0 fully saturated rings. The quantitative estimate of drug-likeness (QED) is 0.747. The standard InChI is InChI=1S/C22H22F3NO6/c1-29-16-8-6-12-13(10-15(16)27)14(26-21(28)22(23,24)25)7-5-11-9-17(30-2)19(31-3)20(32-4)18(11)12/h6,8-10,14H,5,7H2,1-4H3,(H,26,28)/t14-/m1/s1. The topological polar surface area (TPSA) is 83.1 Å². The molecule has 0 aliphatic heterocycles. The van der Waals surface area contributed by atoms with Crippen LogP contribution in [0.2, 0.25) is 0 Å². The largest absolute Gasteiger partial charge is 0.493 e. The van der Waals surface area contributed by atoms with Crippen molar-refractivity contribution >= 4 is 5.91 Å². The molecule has 0 aromatic heterocycles.